The maximum absolute atomic E-state index is 13.5. The van der Waals surface area contributed by atoms with Crippen molar-refractivity contribution in [2.45, 2.75) is 43.4 Å². The van der Waals surface area contributed by atoms with Crippen LogP contribution in [0.4, 0.5) is 0 Å². The predicted molar refractivity (Wildman–Crippen MR) is 123 cm³/mol. The zero-order valence-corrected chi connectivity index (χ0v) is 19.3. The number of methoxy groups -OCH3 is 1. The molecule has 1 unspecified atom stereocenters. The first-order valence-corrected chi connectivity index (χ1v) is 11.9. The van der Waals surface area contributed by atoms with Crippen LogP contribution in [0.15, 0.2) is 35.2 Å². The number of nitrogens with zero attached hydrogens (tertiary/aromatic N) is 2. The molecule has 1 aliphatic carbocycles. The molecule has 1 aliphatic heterocycles. The molecule has 1 saturated heterocycles. The lowest BCUT2D eigenvalue weighted by atomic mass is 9.79. The highest BCUT2D eigenvalue weighted by atomic mass is 32.2. The van der Waals surface area contributed by atoms with E-state index >= 15 is 0 Å². The Bertz CT molecular complexity index is 1280. The van der Waals surface area contributed by atoms with Crippen LogP contribution in [-0.2, 0) is 23.2 Å². The number of hydrogen-bond acceptors (Lipinski definition) is 5. The standard InChI is InChI=1S/C25H25N3O3S/c1-25(2)19-13-22(31-3)23(32(30)28-8-4-5-9-28)12-18(19)21(29)11-17-16-7-6-15(14-26)10-20(16)27-24(17)25/h6-7,10,12-13,27H,4-5,8-9,11H2,1-3H3. The van der Waals surface area contributed by atoms with Gasteiger partial charge in [-0.25, -0.2) is 0 Å². The Balaban J connectivity index is 1.69. The number of aromatic amines is 1. The van der Waals surface area contributed by atoms with Gasteiger partial charge in [0.2, 0.25) is 4.90 Å². The summed E-state index contributed by atoms with van der Waals surface area (Å²) in [4.78, 5) is 17.5. The zero-order chi connectivity index (χ0) is 22.6. The average Bonchev–Trinajstić information content (AvgIpc) is 3.44. The quantitative estimate of drug-likeness (QED) is 0.607. The summed E-state index contributed by atoms with van der Waals surface area (Å²) in [5.74, 6) is 0.542. The summed E-state index contributed by atoms with van der Waals surface area (Å²) in [7, 11) is 1.58. The van der Waals surface area contributed by atoms with E-state index < -0.39 is 16.8 Å². The van der Waals surface area contributed by atoms with E-state index in [1.165, 1.54) is 0 Å². The maximum Gasteiger partial charge on any atom is 0.216 e. The van der Waals surface area contributed by atoms with Gasteiger partial charge in [-0.3, -0.25) is 4.79 Å². The van der Waals surface area contributed by atoms with Crippen molar-refractivity contribution >= 4 is 28.0 Å². The molecule has 5 rings (SSSR count). The molecule has 32 heavy (non-hydrogen) atoms. The number of nitriles is 1. The highest BCUT2D eigenvalue weighted by Crippen LogP contribution is 2.44. The van der Waals surface area contributed by atoms with Crippen LogP contribution >= 0.6 is 0 Å². The van der Waals surface area contributed by atoms with Crippen molar-refractivity contribution < 1.29 is 14.1 Å². The van der Waals surface area contributed by atoms with Crippen LogP contribution in [0.1, 0.15) is 59.4 Å². The van der Waals surface area contributed by atoms with E-state index in [-0.39, 0.29) is 12.2 Å². The number of ketones is 1. The van der Waals surface area contributed by atoms with Gasteiger partial charge >= 0.3 is 0 Å². The molecule has 0 amide bonds. The third kappa shape index (κ3) is 3.14. The molecule has 1 aromatic heterocycles. The lowest BCUT2D eigenvalue weighted by molar-refractivity contribution is 0.0993. The molecule has 3 aromatic rings. The van der Waals surface area contributed by atoms with Crippen molar-refractivity contribution in [1.29, 1.82) is 5.26 Å². The van der Waals surface area contributed by atoms with Crippen molar-refractivity contribution in [2.75, 3.05) is 20.2 Å². The number of H-pyrrole nitrogens is 1. The lowest BCUT2D eigenvalue weighted by Crippen LogP contribution is -2.29. The first-order chi connectivity index (χ1) is 15.3. The van der Waals surface area contributed by atoms with E-state index in [1.807, 2.05) is 22.5 Å². The highest BCUT2D eigenvalue weighted by Gasteiger charge is 2.39. The summed E-state index contributed by atoms with van der Waals surface area (Å²) in [6.07, 6.45) is 2.31. The normalized spacial score (nSPS) is 18.7. The van der Waals surface area contributed by atoms with Crippen molar-refractivity contribution in [1.82, 2.24) is 9.29 Å². The number of carbonyl (C=O) groups excluding carboxylic acids is 1. The summed E-state index contributed by atoms with van der Waals surface area (Å²) in [6, 6.07) is 11.4. The second-order valence-corrected chi connectivity index (χ2v) is 10.5. The SMILES string of the molecule is COc1cc2c(cc1[S+]([O-])N1CCCC1)C(=O)Cc1c([nH]c3cc(C#N)ccc13)C2(C)C. The van der Waals surface area contributed by atoms with E-state index in [2.05, 4.69) is 24.9 Å². The number of aromatic nitrogens is 1. The molecule has 1 fully saturated rings. The molecular formula is C25H25N3O3S. The number of ether oxygens (including phenoxy) is 1. The molecule has 0 saturated carbocycles. The van der Waals surface area contributed by atoms with Crippen LogP contribution in [0.25, 0.3) is 10.9 Å². The van der Waals surface area contributed by atoms with Crippen molar-refractivity contribution in [3.63, 3.8) is 0 Å². The van der Waals surface area contributed by atoms with Gasteiger partial charge in [0.25, 0.3) is 0 Å². The number of Topliss-reactive ketones (excluding diaryl/α,β-unsaturated/α-hetero) is 1. The highest BCUT2D eigenvalue weighted by molar-refractivity contribution is 7.89. The van der Waals surface area contributed by atoms with Crippen molar-refractivity contribution in [3.8, 4) is 11.8 Å². The smallest absolute Gasteiger partial charge is 0.216 e. The lowest BCUT2D eigenvalue weighted by Gasteiger charge is -2.27. The van der Waals surface area contributed by atoms with Crippen LogP contribution < -0.4 is 4.74 Å². The van der Waals surface area contributed by atoms with E-state index in [0.717, 1.165) is 53.7 Å². The van der Waals surface area contributed by atoms with Gasteiger partial charge in [0.05, 0.1) is 30.1 Å². The van der Waals surface area contributed by atoms with E-state index in [9.17, 15) is 14.6 Å². The van der Waals surface area contributed by atoms with Gasteiger partial charge in [0.1, 0.15) is 0 Å². The fourth-order valence-electron chi connectivity index (χ4n) is 5.03. The van der Waals surface area contributed by atoms with E-state index in [1.54, 1.807) is 19.2 Å². The van der Waals surface area contributed by atoms with Crippen LogP contribution in [0.2, 0.25) is 0 Å². The molecule has 2 heterocycles. The minimum atomic E-state index is -1.36. The number of benzene rings is 2. The minimum absolute atomic E-state index is 0.000547. The zero-order valence-electron chi connectivity index (χ0n) is 18.4. The Hall–Kier alpha value is -2.79. The summed E-state index contributed by atoms with van der Waals surface area (Å²) in [6.45, 7) is 5.74. The Morgan fingerprint density at radius 2 is 1.97 bits per heavy atom. The van der Waals surface area contributed by atoms with Gasteiger partial charge in [-0.05, 0) is 42.2 Å². The number of rotatable bonds is 3. The molecule has 1 atom stereocenters. The molecule has 2 aliphatic rings. The Labute approximate surface area is 190 Å². The van der Waals surface area contributed by atoms with Crippen molar-refractivity contribution in [2.24, 2.45) is 0 Å². The van der Waals surface area contributed by atoms with Crippen molar-refractivity contribution in [3.05, 3.63) is 58.3 Å². The summed E-state index contributed by atoms with van der Waals surface area (Å²) >= 11 is -1.36. The first-order valence-electron chi connectivity index (χ1n) is 10.8. The maximum atomic E-state index is 13.5. The average molecular weight is 448 g/mol. The number of carbonyl (C=O) groups is 1. The van der Waals surface area contributed by atoms with Gasteiger partial charge < -0.3 is 14.3 Å². The van der Waals surface area contributed by atoms with Crippen LogP contribution in [0, 0.1) is 11.3 Å². The summed E-state index contributed by atoms with van der Waals surface area (Å²) in [5.41, 5.74) is 4.30. The predicted octanol–water partition coefficient (Wildman–Crippen LogP) is 4.23. The Morgan fingerprint density at radius 1 is 1.22 bits per heavy atom. The topological polar surface area (TPSA) is 92.2 Å². The first kappa shape index (κ1) is 21.1. The molecule has 0 radical (unpaired) electrons. The Kier molecular flexibility index (Phi) is 5.05. The van der Waals surface area contributed by atoms with Gasteiger partial charge in [0.15, 0.2) is 11.5 Å². The molecule has 1 N–H and O–H groups in total. The van der Waals surface area contributed by atoms with Gasteiger partial charge in [-0.2, -0.15) is 5.26 Å². The van der Waals surface area contributed by atoms with Crippen LogP contribution in [0.5, 0.6) is 5.75 Å². The Morgan fingerprint density at radius 3 is 2.66 bits per heavy atom. The third-order valence-electron chi connectivity index (χ3n) is 6.76. The molecule has 7 heteroatoms. The van der Waals surface area contributed by atoms with E-state index in [4.69, 9.17) is 4.74 Å². The molecule has 0 bridgehead atoms. The molecular weight excluding hydrogens is 422 g/mol. The molecule has 6 nitrogen and oxygen atoms in total. The number of fused-ring (bicyclic) bond motifs is 4. The van der Waals surface area contributed by atoms with E-state index in [0.29, 0.717) is 21.8 Å². The van der Waals surface area contributed by atoms with Crippen LogP contribution in [-0.4, -0.2) is 39.8 Å². The van der Waals surface area contributed by atoms with Gasteiger partial charge in [-0.1, -0.05) is 19.9 Å². The summed E-state index contributed by atoms with van der Waals surface area (Å²) in [5, 5.41) is 10.2. The monoisotopic (exact) mass is 447 g/mol. The molecule has 2 aromatic carbocycles. The molecule has 164 valence electrons. The largest absolute Gasteiger partial charge is 0.593 e. The fraction of sp³-hybridized carbons (Fsp3) is 0.360. The molecule has 0 spiro atoms. The van der Waals surface area contributed by atoms with Crippen LogP contribution in [0.3, 0.4) is 0 Å². The number of hydrogen-bond donors (Lipinski definition) is 1. The number of nitrogens with one attached hydrogen (secondary N) is 1. The summed E-state index contributed by atoms with van der Waals surface area (Å²) < 4.78 is 20.9. The second kappa shape index (κ2) is 7.66. The third-order valence-corrected chi connectivity index (χ3v) is 8.29. The van der Waals surface area contributed by atoms with Gasteiger partial charge in [-0.15, -0.1) is 4.31 Å². The minimum Gasteiger partial charge on any atom is -0.593 e. The van der Waals surface area contributed by atoms with Gasteiger partial charge in [0, 0.05) is 53.2 Å². The second-order valence-electron chi connectivity index (χ2n) is 9.01. The fourth-order valence-corrected chi connectivity index (χ4v) is 6.43.